The predicted octanol–water partition coefficient (Wildman–Crippen LogP) is 3.08. The van der Waals surface area contributed by atoms with Crippen LogP contribution in [0.25, 0.3) is 10.9 Å². The van der Waals surface area contributed by atoms with Gasteiger partial charge in [0.2, 0.25) is 0 Å². The van der Waals surface area contributed by atoms with Crippen LogP contribution in [0.5, 0.6) is 0 Å². The number of furan rings is 1. The van der Waals surface area contributed by atoms with Crippen LogP contribution in [-0.4, -0.2) is 10.9 Å². The second-order valence-corrected chi connectivity index (χ2v) is 3.86. The molecule has 4 heteroatoms. The first-order valence-electron chi connectivity index (χ1n) is 5.52. The molecule has 3 aromatic rings. The summed E-state index contributed by atoms with van der Waals surface area (Å²) >= 11 is 0. The number of aromatic nitrogens is 1. The van der Waals surface area contributed by atoms with E-state index in [2.05, 4.69) is 10.3 Å². The number of benzene rings is 1. The quantitative estimate of drug-likeness (QED) is 0.746. The molecule has 0 saturated carbocycles. The molecule has 0 unspecified atom stereocenters. The molecule has 0 spiro atoms. The molecule has 0 radical (unpaired) electrons. The van der Waals surface area contributed by atoms with Gasteiger partial charge in [-0.1, -0.05) is 18.2 Å². The lowest BCUT2D eigenvalue weighted by Gasteiger charge is -2.04. The van der Waals surface area contributed by atoms with Gasteiger partial charge in [-0.05, 0) is 24.3 Å². The molecule has 2 heterocycles. The van der Waals surface area contributed by atoms with Gasteiger partial charge in [-0.25, -0.2) is 4.98 Å². The smallest absolute Gasteiger partial charge is 0.260 e. The van der Waals surface area contributed by atoms with Gasteiger partial charge in [0.15, 0.2) is 0 Å². The number of pyridine rings is 1. The summed E-state index contributed by atoms with van der Waals surface area (Å²) in [6.07, 6.45) is 2.86. The zero-order valence-corrected chi connectivity index (χ0v) is 9.46. The fourth-order valence-electron chi connectivity index (χ4n) is 1.72. The Balaban J connectivity index is 1.89. The van der Waals surface area contributed by atoms with Crippen molar-refractivity contribution in [3.63, 3.8) is 0 Å². The van der Waals surface area contributed by atoms with Gasteiger partial charge in [0.25, 0.3) is 5.91 Å². The Labute approximate surface area is 103 Å². The van der Waals surface area contributed by atoms with Gasteiger partial charge in [-0.3, -0.25) is 4.79 Å². The number of amides is 1. The van der Waals surface area contributed by atoms with E-state index in [4.69, 9.17) is 4.42 Å². The molecule has 0 atom stereocenters. The van der Waals surface area contributed by atoms with Crippen LogP contribution in [0.2, 0.25) is 0 Å². The van der Waals surface area contributed by atoms with Crippen molar-refractivity contribution in [2.75, 3.05) is 5.32 Å². The fraction of sp³-hybridized carbons (Fsp3) is 0. The number of nitrogens with zero attached hydrogens (tertiary/aromatic N) is 1. The summed E-state index contributed by atoms with van der Waals surface area (Å²) in [6, 6.07) is 13.1. The highest BCUT2D eigenvalue weighted by Gasteiger charge is 2.07. The van der Waals surface area contributed by atoms with E-state index >= 15 is 0 Å². The van der Waals surface area contributed by atoms with E-state index in [1.54, 1.807) is 12.1 Å². The van der Waals surface area contributed by atoms with Gasteiger partial charge in [-0.15, -0.1) is 0 Å². The van der Waals surface area contributed by atoms with Crippen LogP contribution in [0.3, 0.4) is 0 Å². The van der Waals surface area contributed by atoms with Gasteiger partial charge in [0, 0.05) is 5.39 Å². The lowest BCUT2D eigenvalue weighted by atomic mass is 10.2. The first-order chi connectivity index (χ1) is 8.83. The van der Waals surface area contributed by atoms with Crippen LogP contribution in [0.15, 0.2) is 59.4 Å². The van der Waals surface area contributed by atoms with Crippen LogP contribution in [0.1, 0.15) is 10.4 Å². The number of carbonyl (C=O) groups is 1. The van der Waals surface area contributed by atoms with E-state index in [1.165, 1.54) is 12.5 Å². The molecule has 1 amide bonds. The van der Waals surface area contributed by atoms with Crippen LogP contribution in [0, 0.1) is 0 Å². The van der Waals surface area contributed by atoms with Crippen LogP contribution in [-0.2, 0) is 0 Å². The first-order valence-corrected chi connectivity index (χ1v) is 5.52. The summed E-state index contributed by atoms with van der Waals surface area (Å²) in [5.41, 5.74) is 1.33. The highest BCUT2D eigenvalue weighted by atomic mass is 16.3. The number of hydrogen-bond donors (Lipinski definition) is 1. The lowest BCUT2D eigenvalue weighted by molar-refractivity contribution is 0.102. The summed E-state index contributed by atoms with van der Waals surface area (Å²) in [7, 11) is 0. The maximum atomic E-state index is 11.8. The Morgan fingerprint density at radius 1 is 1.11 bits per heavy atom. The minimum Gasteiger partial charge on any atom is -0.472 e. The molecule has 0 aliphatic carbocycles. The van der Waals surface area contributed by atoms with Gasteiger partial charge in [0.05, 0.1) is 17.3 Å². The van der Waals surface area contributed by atoms with Crippen molar-refractivity contribution < 1.29 is 9.21 Å². The third kappa shape index (κ3) is 1.96. The highest BCUT2D eigenvalue weighted by molar-refractivity contribution is 6.03. The van der Waals surface area contributed by atoms with Gasteiger partial charge in [-0.2, -0.15) is 0 Å². The molecule has 4 nitrogen and oxygen atoms in total. The second-order valence-electron chi connectivity index (χ2n) is 3.86. The van der Waals surface area contributed by atoms with Gasteiger partial charge < -0.3 is 9.73 Å². The maximum absolute atomic E-state index is 11.8. The first kappa shape index (κ1) is 10.5. The molecule has 88 valence electrons. The lowest BCUT2D eigenvalue weighted by Crippen LogP contribution is -2.11. The number of nitrogens with one attached hydrogen (secondary N) is 1. The van der Waals surface area contributed by atoms with Crippen molar-refractivity contribution in [3.8, 4) is 0 Å². The molecule has 1 aromatic carbocycles. The average Bonchev–Trinajstić information content (AvgIpc) is 2.92. The van der Waals surface area contributed by atoms with E-state index in [0.717, 1.165) is 10.9 Å². The minimum atomic E-state index is -0.230. The molecule has 1 N–H and O–H groups in total. The molecule has 0 aliphatic heterocycles. The number of anilines is 1. The third-order valence-corrected chi connectivity index (χ3v) is 2.62. The monoisotopic (exact) mass is 238 g/mol. The molecular formula is C14H10N2O2. The van der Waals surface area contributed by atoms with Crippen LogP contribution in [0.4, 0.5) is 5.82 Å². The zero-order chi connectivity index (χ0) is 12.4. The maximum Gasteiger partial charge on any atom is 0.260 e. The van der Waals surface area contributed by atoms with E-state index in [9.17, 15) is 4.79 Å². The normalized spacial score (nSPS) is 10.4. The average molecular weight is 238 g/mol. The Kier molecular flexibility index (Phi) is 2.53. The second kappa shape index (κ2) is 4.33. The summed E-state index contributed by atoms with van der Waals surface area (Å²) < 4.78 is 4.86. The molecule has 18 heavy (non-hydrogen) atoms. The van der Waals surface area contributed by atoms with E-state index in [-0.39, 0.29) is 5.91 Å². The summed E-state index contributed by atoms with van der Waals surface area (Å²) in [4.78, 5) is 16.2. The van der Waals surface area contributed by atoms with Gasteiger partial charge in [0.1, 0.15) is 12.1 Å². The largest absolute Gasteiger partial charge is 0.472 e. The van der Waals surface area contributed by atoms with Crippen LogP contribution < -0.4 is 5.32 Å². The molecule has 0 saturated heterocycles. The Morgan fingerprint density at radius 3 is 2.83 bits per heavy atom. The van der Waals surface area contributed by atoms with E-state index < -0.39 is 0 Å². The van der Waals surface area contributed by atoms with Crippen molar-refractivity contribution in [1.29, 1.82) is 0 Å². The standard InChI is InChI=1S/C14H10N2O2/c17-14(11-7-8-18-9-11)16-13-6-5-10-3-1-2-4-12(10)15-13/h1-9H,(H,15,16,17). The SMILES string of the molecule is O=C(Nc1ccc2ccccc2n1)c1ccoc1. The number of hydrogen-bond acceptors (Lipinski definition) is 3. The summed E-state index contributed by atoms with van der Waals surface area (Å²) in [5.74, 6) is 0.298. The number of carbonyl (C=O) groups excluding carboxylic acids is 1. The summed E-state index contributed by atoms with van der Waals surface area (Å²) in [5, 5.41) is 3.77. The third-order valence-electron chi connectivity index (χ3n) is 2.62. The minimum absolute atomic E-state index is 0.230. The van der Waals surface area contributed by atoms with Crippen molar-refractivity contribution in [3.05, 3.63) is 60.6 Å². The molecule has 0 bridgehead atoms. The Bertz CT molecular complexity index is 690. The Morgan fingerprint density at radius 2 is 2.00 bits per heavy atom. The molecule has 3 rings (SSSR count). The van der Waals surface area contributed by atoms with Gasteiger partial charge >= 0.3 is 0 Å². The molecule has 2 aromatic heterocycles. The van der Waals surface area contributed by atoms with Crippen molar-refractivity contribution in [1.82, 2.24) is 4.98 Å². The Hall–Kier alpha value is -2.62. The predicted molar refractivity (Wildman–Crippen MR) is 68.4 cm³/mol. The highest BCUT2D eigenvalue weighted by Crippen LogP contribution is 2.15. The van der Waals surface area contributed by atoms with E-state index in [0.29, 0.717) is 11.4 Å². The van der Waals surface area contributed by atoms with Crippen molar-refractivity contribution in [2.24, 2.45) is 0 Å². The number of rotatable bonds is 2. The fourth-order valence-corrected chi connectivity index (χ4v) is 1.72. The topological polar surface area (TPSA) is 55.1 Å². The van der Waals surface area contributed by atoms with Crippen molar-refractivity contribution in [2.45, 2.75) is 0 Å². The number of para-hydroxylation sites is 1. The zero-order valence-electron chi connectivity index (χ0n) is 9.46. The molecular weight excluding hydrogens is 228 g/mol. The molecule has 0 aliphatic rings. The molecule has 0 fully saturated rings. The van der Waals surface area contributed by atoms with Crippen LogP contribution >= 0.6 is 0 Å². The summed E-state index contributed by atoms with van der Waals surface area (Å²) in [6.45, 7) is 0. The van der Waals surface area contributed by atoms with E-state index in [1.807, 2.05) is 30.3 Å². The van der Waals surface area contributed by atoms with Crippen molar-refractivity contribution >= 4 is 22.6 Å². The number of fused-ring (bicyclic) bond motifs is 1.